The minimum Gasteiger partial charge on any atom is -0.475 e. The summed E-state index contributed by atoms with van der Waals surface area (Å²) in [6, 6.07) is 6.49. The van der Waals surface area contributed by atoms with E-state index >= 15 is 0 Å². The average Bonchev–Trinajstić information content (AvgIpc) is 3.24. The summed E-state index contributed by atoms with van der Waals surface area (Å²) in [7, 11) is 3.67. The zero-order valence-corrected chi connectivity index (χ0v) is 17.0. The Hall–Kier alpha value is -2.33. The first-order chi connectivity index (χ1) is 13.6. The molecular weight excluding hydrogens is 407 g/mol. The Kier molecular flexibility index (Phi) is 7.86. The van der Waals surface area contributed by atoms with Crippen molar-refractivity contribution in [2.24, 2.45) is 5.92 Å². The Labute approximate surface area is 171 Å². The first kappa shape index (κ1) is 23.0. The molecule has 0 fully saturated rings. The molecule has 1 atom stereocenters. The molecule has 0 spiro atoms. The van der Waals surface area contributed by atoms with Crippen LogP contribution in [-0.4, -0.2) is 58.2 Å². The van der Waals surface area contributed by atoms with Crippen molar-refractivity contribution in [3.05, 3.63) is 46.4 Å². The maximum Gasteiger partial charge on any atom is 0.490 e. The van der Waals surface area contributed by atoms with Gasteiger partial charge in [-0.2, -0.15) is 24.5 Å². The van der Waals surface area contributed by atoms with Crippen LogP contribution in [0, 0.1) is 5.92 Å². The zero-order valence-electron chi connectivity index (χ0n) is 16.2. The van der Waals surface area contributed by atoms with Gasteiger partial charge < -0.3 is 14.6 Å². The van der Waals surface area contributed by atoms with Crippen LogP contribution in [0.15, 0.2) is 35.2 Å². The van der Waals surface area contributed by atoms with Crippen molar-refractivity contribution >= 4 is 23.2 Å². The number of thiophene rings is 1. The maximum absolute atomic E-state index is 12.1. The number of rotatable bonds is 4. The van der Waals surface area contributed by atoms with E-state index < -0.39 is 12.1 Å². The van der Waals surface area contributed by atoms with Crippen LogP contribution in [0.1, 0.15) is 17.7 Å². The van der Waals surface area contributed by atoms with Gasteiger partial charge in [0.25, 0.3) is 0 Å². The molecule has 6 nitrogen and oxygen atoms in total. The predicted octanol–water partition coefficient (Wildman–Crippen LogP) is 3.29. The van der Waals surface area contributed by atoms with Crippen molar-refractivity contribution in [2.75, 3.05) is 20.6 Å². The van der Waals surface area contributed by atoms with Crippen molar-refractivity contribution in [1.29, 1.82) is 0 Å². The van der Waals surface area contributed by atoms with Gasteiger partial charge in [-0.25, -0.2) is 4.79 Å². The normalized spacial score (nSPS) is 16.9. The Bertz CT molecular complexity index is 803. The summed E-state index contributed by atoms with van der Waals surface area (Å²) in [6.07, 6.45) is -2.33. The van der Waals surface area contributed by atoms with Crippen LogP contribution in [0.3, 0.4) is 0 Å². The van der Waals surface area contributed by atoms with Crippen LogP contribution in [0.2, 0.25) is 0 Å². The molecule has 0 saturated carbocycles. The van der Waals surface area contributed by atoms with Crippen molar-refractivity contribution < 1.29 is 27.9 Å². The Morgan fingerprint density at radius 1 is 1.28 bits per heavy atom. The van der Waals surface area contributed by atoms with E-state index in [0.29, 0.717) is 12.3 Å². The van der Waals surface area contributed by atoms with E-state index in [9.17, 15) is 18.0 Å². The Morgan fingerprint density at radius 2 is 1.97 bits per heavy atom. The number of carboxylic acid groups (broad SMARTS) is 1. The summed E-state index contributed by atoms with van der Waals surface area (Å²) in [6.45, 7) is 3.82. The number of carbonyl (C=O) groups is 2. The van der Waals surface area contributed by atoms with Crippen LogP contribution in [0.4, 0.5) is 13.2 Å². The molecule has 1 unspecified atom stereocenters. The van der Waals surface area contributed by atoms with Crippen LogP contribution >= 0.6 is 11.3 Å². The quantitative estimate of drug-likeness (QED) is 0.807. The van der Waals surface area contributed by atoms with Gasteiger partial charge in [0.2, 0.25) is 5.91 Å². The molecule has 0 radical (unpaired) electrons. The standard InChI is InChI=1S/C17H23N3OS.C2HF3O2/c1-18(2)17(21)8-15-10-19(9-14-5-7-22-13-14)12-16-4-3-6-20(16)11-15;3-2(4,5)1(6)7/h3-7,13,15H,8-12H2,1-2H3;(H,6,7). The molecule has 0 aromatic carbocycles. The molecule has 1 N–H and O–H groups in total. The van der Waals surface area contributed by atoms with Crippen molar-refractivity contribution in [3.8, 4) is 0 Å². The molecular formula is C19H24F3N3O3S. The Balaban J connectivity index is 0.000000370. The van der Waals surface area contributed by atoms with Gasteiger partial charge in [-0.3, -0.25) is 9.69 Å². The summed E-state index contributed by atoms with van der Waals surface area (Å²) in [5.41, 5.74) is 2.71. The monoisotopic (exact) mass is 431 g/mol. The lowest BCUT2D eigenvalue weighted by Gasteiger charge is -2.24. The number of aromatic nitrogens is 1. The lowest BCUT2D eigenvalue weighted by atomic mass is 10.0. The number of fused-ring (bicyclic) bond motifs is 1. The van der Waals surface area contributed by atoms with Crippen molar-refractivity contribution in [2.45, 2.75) is 32.2 Å². The largest absolute Gasteiger partial charge is 0.490 e. The number of aliphatic carboxylic acids is 1. The lowest BCUT2D eigenvalue weighted by Crippen LogP contribution is -2.31. The van der Waals surface area contributed by atoms with Gasteiger partial charge >= 0.3 is 12.1 Å². The summed E-state index contributed by atoms with van der Waals surface area (Å²) >= 11 is 1.74. The van der Waals surface area contributed by atoms with Gasteiger partial charge in [-0.15, -0.1) is 0 Å². The highest BCUT2D eigenvalue weighted by Gasteiger charge is 2.38. The SMILES string of the molecule is CN(C)C(=O)CC1CN(Cc2ccsc2)Cc2cccn2C1.O=C(O)C(F)(F)F. The number of carboxylic acids is 1. The second-order valence-corrected chi connectivity index (χ2v) is 7.89. The fourth-order valence-corrected chi connectivity index (χ4v) is 3.75. The van der Waals surface area contributed by atoms with Gasteiger partial charge in [-0.05, 0) is 40.4 Å². The number of halogens is 3. The van der Waals surface area contributed by atoms with Gasteiger partial charge in [-0.1, -0.05) is 0 Å². The maximum atomic E-state index is 12.1. The van der Waals surface area contributed by atoms with Gasteiger partial charge in [0.05, 0.1) is 0 Å². The van der Waals surface area contributed by atoms with Crippen LogP contribution in [-0.2, 0) is 29.2 Å². The first-order valence-electron chi connectivity index (χ1n) is 8.94. The first-order valence-corrected chi connectivity index (χ1v) is 9.88. The van der Waals surface area contributed by atoms with Crippen LogP contribution in [0.5, 0.6) is 0 Å². The van der Waals surface area contributed by atoms with Gasteiger partial charge in [0.15, 0.2) is 0 Å². The van der Waals surface area contributed by atoms with E-state index in [1.54, 1.807) is 16.2 Å². The number of hydrogen-bond acceptors (Lipinski definition) is 4. The highest BCUT2D eigenvalue weighted by Crippen LogP contribution is 2.22. The number of amides is 1. The summed E-state index contributed by atoms with van der Waals surface area (Å²) in [5.74, 6) is -2.18. The predicted molar refractivity (Wildman–Crippen MR) is 103 cm³/mol. The average molecular weight is 431 g/mol. The molecule has 1 amide bonds. The highest BCUT2D eigenvalue weighted by atomic mass is 32.1. The second-order valence-electron chi connectivity index (χ2n) is 7.11. The third kappa shape index (κ3) is 7.21. The second kappa shape index (κ2) is 9.93. The van der Waals surface area contributed by atoms with E-state index in [1.807, 2.05) is 14.1 Å². The summed E-state index contributed by atoms with van der Waals surface area (Å²) < 4.78 is 34.0. The third-order valence-electron chi connectivity index (χ3n) is 4.47. The van der Waals surface area contributed by atoms with Crippen molar-refractivity contribution in [3.63, 3.8) is 0 Å². The molecule has 0 bridgehead atoms. The Morgan fingerprint density at radius 3 is 2.52 bits per heavy atom. The van der Waals surface area contributed by atoms with Crippen LogP contribution < -0.4 is 0 Å². The minimum atomic E-state index is -5.08. The summed E-state index contributed by atoms with van der Waals surface area (Å²) in [5, 5.41) is 11.5. The third-order valence-corrected chi connectivity index (χ3v) is 5.20. The molecule has 2 aromatic rings. The van der Waals surface area contributed by atoms with Crippen molar-refractivity contribution in [1.82, 2.24) is 14.4 Å². The van der Waals surface area contributed by atoms with E-state index in [4.69, 9.17) is 9.90 Å². The fraction of sp³-hybridized carbons (Fsp3) is 0.474. The minimum absolute atomic E-state index is 0.219. The molecule has 0 saturated heterocycles. The summed E-state index contributed by atoms with van der Waals surface area (Å²) in [4.78, 5) is 25.2. The van der Waals surface area contributed by atoms with Crippen LogP contribution in [0.25, 0.3) is 0 Å². The van der Waals surface area contributed by atoms with Gasteiger partial charge in [0, 0.05) is 58.6 Å². The van der Waals surface area contributed by atoms with E-state index in [1.165, 1.54) is 11.3 Å². The van der Waals surface area contributed by atoms with E-state index in [-0.39, 0.29) is 5.91 Å². The molecule has 1 aliphatic rings. The highest BCUT2D eigenvalue weighted by molar-refractivity contribution is 7.07. The zero-order chi connectivity index (χ0) is 21.6. The number of alkyl halides is 3. The number of nitrogens with zero attached hydrogens (tertiary/aromatic N) is 3. The molecule has 10 heteroatoms. The van der Waals surface area contributed by atoms with E-state index in [0.717, 1.165) is 26.2 Å². The molecule has 160 valence electrons. The number of hydrogen-bond donors (Lipinski definition) is 1. The molecule has 1 aliphatic heterocycles. The number of carbonyl (C=O) groups excluding carboxylic acids is 1. The topological polar surface area (TPSA) is 65.8 Å². The fourth-order valence-electron chi connectivity index (χ4n) is 3.09. The molecule has 2 aromatic heterocycles. The molecule has 3 heterocycles. The molecule has 3 rings (SSSR count). The molecule has 29 heavy (non-hydrogen) atoms. The smallest absolute Gasteiger partial charge is 0.475 e. The van der Waals surface area contributed by atoms with Gasteiger partial charge in [0.1, 0.15) is 0 Å². The lowest BCUT2D eigenvalue weighted by molar-refractivity contribution is -0.192. The molecule has 0 aliphatic carbocycles. The van der Waals surface area contributed by atoms with E-state index in [2.05, 4.69) is 44.6 Å².